The third kappa shape index (κ3) is 4.66. The van der Waals surface area contributed by atoms with E-state index in [9.17, 15) is 9.59 Å². The molecule has 1 atom stereocenters. The summed E-state index contributed by atoms with van der Waals surface area (Å²) in [6, 6.07) is -0.752. The molecule has 11 heavy (non-hydrogen) atoms. The van der Waals surface area contributed by atoms with E-state index in [1.165, 1.54) is 11.8 Å². The second-order valence-electron chi connectivity index (χ2n) is 1.83. The third-order valence-corrected chi connectivity index (χ3v) is 2.03. The van der Waals surface area contributed by atoms with Crippen LogP contribution in [0.25, 0.3) is 0 Å². The average molecular weight is 177 g/mol. The zero-order valence-corrected chi connectivity index (χ0v) is 7.06. The lowest BCUT2D eigenvalue weighted by atomic mass is 10.3. The molecule has 1 unspecified atom stereocenters. The van der Waals surface area contributed by atoms with Gasteiger partial charge in [0.25, 0.3) is 0 Å². The Kier molecular flexibility index (Phi) is 5.64. The minimum Gasteiger partial charge on any atom is -0.480 e. The summed E-state index contributed by atoms with van der Waals surface area (Å²) in [5.74, 6) is 0.285. The van der Waals surface area contributed by atoms with Crippen LogP contribution < -0.4 is 5.32 Å². The zero-order chi connectivity index (χ0) is 8.69. The maximum atomic E-state index is 10.4. The SMILES string of the molecule is CCSCC(NC=O)C(=O)O. The second-order valence-corrected chi connectivity index (χ2v) is 3.15. The van der Waals surface area contributed by atoms with Crippen LogP contribution in [0.1, 0.15) is 6.92 Å². The molecule has 0 aromatic heterocycles. The lowest BCUT2D eigenvalue weighted by Crippen LogP contribution is -2.37. The number of amides is 1. The van der Waals surface area contributed by atoms with Crippen molar-refractivity contribution in [1.29, 1.82) is 0 Å². The van der Waals surface area contributed by atoms with Gasteiger partial charge in [0.2, 0.25) is 6.41 Å². The van der Waals surface area contributed by atoms with Gasteiger partial charge in [0.1, 0.15) is 6.04 Å². The van der Waals surface area contributed by atoms with Gasteiger partial charge in [-0.05, 0) is 5.75 Å². The predicted octanol–water partition coefficient (Wildman–Crippen LogP) is -0.0613. The quantitative estimate of drug-likeness (QED) is 0.558. The summed E-state index contributed by atoms with van der Waals surface area (Å²) >= 11 is 1.48. The second kappa shape index (κ2) is 6.03. The normalized spacial score (nSPS) is 12.1. The van der Waals surface area contributed by atoms with Crippen LogP contribution >= 0.6 is 11.8 Å². The van der Waals surface area contributed by atoms with E-state index in [1.807, 2.05) is 6.92 Å². The van der Waals surface area contributed by atoms with Crippen LogP contribution in [0.4, 0.5) is 0 Å². The molecule has 1 amide bonds. The van der Waals surface area contributed by atoms with Crippen molar-refractivity contribution in [2.45, 2.75) is 13.0 Å². The molecule has 4 nitrogen and oxygen atoms in total. The monoisotopic (exact) mass is 177 g/mol. The van der Waals surface area contributed by atoms with Gasteiger partial charge in [0.15, 0.2) is 0 Å². The minimum absolute atomic E-state index is 0.412. The van der Waals surface area contributed by atoms with Crippen LogP contribution in [-0.2, 0) is 9.59 Å². The van der Waals surface area contributed by atoms with Gasteiger partial charge in [-0.1, -0.05) is 6.92 Å². The fourth-order valence-electron chi connectivity index (χ4n) is 0.509. The molecular weight excluding hydrogens is 166 g/mol. The van der Waals surface area contributed by atoms with Crippen LogP contribution in [0, 0.1) is 0 Å². The molecule has 0 spiro atoms. The topological polar surface area (TPSA) is 66.4 Å². The van der Waals surface area contributed by atoms with Gasteiger partial charge in [-0.25, -0.2) is 4.79 Å². The first-order valence-corrected chi connectivity index (χ1v) is 4.38. The number of hydrogen-bond acceptors (Lipinski definition) is 3. The maximum Gasteiger partial charge on any atom is 0.327 e. The number of carboxylic acids is 1. The van der Waals surface area contributed by atoms with Gasteiger partial charge < -0.3 is 10.4 Å². The number of carboxylic acid groups (broad SMARTS) is 1. The highest BCUT2D eigenvalue weighted by atomic mass is 32.2. The Hall–Kier alpha value is -0.710. The van der Waals surface area contributed by atoms with Crippen molar-refractivity contribution in [3.63, 3.8) is 0 Å². The van der Waals surface area contributed by atoms with Crippen molar-refractivity contribution in [2.24, 2.45) is 0 Å². The average Bonchev–Trinajstić information content (AvgIpc) is 1.97. The fourth-order valence-corrected chi connectivity index (χ4v) is 1.22. The predicted molar refractivity (Wildman–Crippen MR) is 43.6 cm³/mol. The van der Waals surface area contributed by atoms with Crippen molar-refractivity contribution in [1.82, 2.24) is 5.32 Å². The van der Waals surface area contributed by atoms with E-state index < -0.39 is 12.0 Å². The van der Waals surface area contributed by atoms with Crippen molar-refractivity contribution in [2.75, 3.05) is 11.5 Å². The smallest absolute Gasteiger partial charge is 0.327 e. The number of carbonyl (C=O) groups excluding carboxylic acids is 1. The first-order chi connectivity index (χ1) is 5.22. The molecule has 0 aliphatic rings. The highest BCUT2D eigenvalue weighted by Gasteiger charge is 2.14. The highest BCUT2D eigenvalue weighted by Crippen LogP contribution is 2.01. The van der Waals surface area contributed by atoms with E-state index in [2.05, 4.69) is 5.32 Å². The Morgan fingerprint density at radius 3 is 2.82 bits per heavy atom. The van der Waals surface area contributed by atoms with E-state index in [-0.39, 0.29) is 0 Å². The van der Waals surface area contributed by atoms with Crippen molar-refractivity contribution in [3.05, 3.63) is 0 Å². The van der Waals surface area contributed by atoms with Gasteiger partial charge in [-0.15, -0.1) is 0 Å². The van der Waals surface area contributed by atoms with E-state index in [0.29, 0.717) is 12.2 Å². The van der Waals surface area contributed by atoms with Crippen LogP contribution in [0.3, 0.4) is 0 Å². The molecule has 0 aliphatic heterocycles. The van der Waals surface area contributed by atoms with Crippen LogP contribution in [0.5, 0.6) is 0 Å². The Labute approximate surface area is 69.4 Å². The lowest BCUT2D eigenvalue weighted by molar-refractivity contribution is -0.139. The molecule has 0 heterocycles. The molecule has 0 saturated heterocycles. The van der Waals surface area contributed by atoms with Crippen molar-refractivity contribution >= 4 is 24.1 Å². The molecule has 0 rings (SSSR count). The molecule has 0 saturated carbocycles. The van der Waals surface area contributed by atoms with E-state index in [0.717, 1.165) is 5.75 Å². The number of nitrogens with one attached hydrogen (secondary N) is 1. The van der Waals surface area contributed by atoms with Crippen molar-refractivity contribution < 1.29 is 14.7 Å². The summed E-state index contributed by atoms with van der Waals surface area (Å²) in [6.07, 6.45) is 0.412. The number of carbonyl (C=O) groups is 2. The molecule has 0 radical (unpaired) electrons. The number of hydrogen-bond donors (Lipinski definition) is 2. The first kappa shape index (κ1) is 10.3. The Morgan fingerprint density at radius 1 is 1.82 bits per heavy atom. The minimum atomic E-state index is -0.988. The van der Waals surface area contributed by atoms with Crippen LogP contribution in [-0.4, -0.2) is 35.0 Å². The largest absolute Gasteiger partial charge is 0.480 e. The summed E-state index contributed by atoms with van der Waals surface area (Å²) in [4.78, 5) is 20.3. The molecule has 5 heteroatoms. The molecule has 0 aromatic carbocycles. The Morgan fingerprint density at radius 2 is 2.45 bits per heavy atom. The fraction of sp³-hybridized carbons (Fsp3) is 0.667. The lowest BCUT2D eigenvalue weighted by Gasteiger charge is -2.08. The van der Waals surface area contributed by atoms with Gasteiger partial charge in [-0.3, -0.25) is 4.79 Å². The Bertz CT molecular complexity index is 140. The summed E-state index contributed by atoms with van der Waals surface area (Å²) in [5.41, 5.74) is 0. The molecule has 0 aromatic rings. The summed E-state index contributed by atoms with van der Waals surface area (Å²) in [6.45, 7) is 1.94. The summed E-state index contributed by atoms with van der Waals surface area (Å²) < 4.78 is 0. The van der Waals surface area contributed by atoms with Crippen LogP contribution in [0.2, 0.25) is 0 Å². The molecular formula is C6H11NO3S. The van der Waals surface area contributed by atoms with Crippen LogP contribution in [0.15, 0.2) is 0 Å². The van der Waals surface area contributed by atoms with Gasteiger partial charge in [-0.2, -0.15) is 11.8 Å². The number of rotatable bonds is 6. The molecule has 0 bridgehead atoms. The molecule has 0 fully saturated rings. The Balaban J connectivity index is 3.69. The summed E-state index contributed by atoms with van der Waals surface area (Å²) in [7, 11) is 0. The molecule has 64 valence electrons. The summed E-state index contributed by atoms with van der Waals surface area (Å²) in [5, 5.41) is 10.7. The number of thioether (sulfide) groups is 1. The van der Waals surface area contributed by atoms with Gasteiger partial charge in [0, 0.05) is 5.75 Å². The maximum absolute atomic E-state index is 10.4. The van der Waals surface area contributed by atoms with E-state index >= 15 is 0 Å². The molecule has 0 aliphatic carbocycles. The van der Waals surface area contributed by atoms with E-state index in [1.54, 1.807) is 0 Å². The first-order valence-electron chi connectivity index (χ1n) is 3.22. The highest BCUT2D eigenvalue weighted by molar-refractivity contribution is 7.99. The number of aliphatic carboxylic acids is 1. The third-order valence-electron chi connectivity index (χ3n) is 1.06. The van der Waals surface area contributed by atoms with Crippen molar-refractivity contribution in [3.8, 4) is 0 Å². The van der Waals surface area contributed by atoms with E-state index in [4.69, 9.17) is 5.11 Å². The van der Waals surface area contributed by atoms with Gasteiger partial charge >= 0.3 is 5.97 Å². The molecule has 2 N–H and O–H groups in total. The zero-order valence-electron chi connectivity index (χ0n) is 6.24. The van der Waals surface area contributed by atoms with Gasteiger partial charge in [0.05, 0.1) is 0 Å². The standard InChI is InChI=1S/C6H11NO3S/c1-2-11-3-5(6(9)10)7-4-8/h4-5H,2-3H2,1H3,(H,7,8)(H,9,10).